The van der Waals surface area contributed by atoms with E-state index in [1.807, 2.05) is 25.3 Å². The number of carbonyl (C=O) groups excluding carboxylic acids is 1. The topological polar surface area (TPSA) is 65.2 Å². The van der Waals surface area contributed by atoms with Crippen LogP contribution in [0.3, 0.4) is 0 Å². The van der Waals surface area contributed by atoms with Gasteiger partial charge in [-0.25, -0.2) is 0 Å². The summed E-state index contributed by atoms with van der Waals surface area (Å²) in [5.41, 5.74) is 7.05. The van der Waals surface area contributed by atoms with Crippen LogP contribution >= 0.6 is 11.8 Å². The van der Waals surface area contributed by atoms with Gasteiger partial charge in [0.25, 0.3) is 0 Å². The van der Waals surface area contributed by atoms with Gasteiger partial charge in [0.1, 0.15) is 0 Å². The second-order valence-electron chi connectivity index (χ2n) is 3.76. The summed E-state index contributed by atoms with van der Waals surface area (Å²) in [5, 5.41) is 0.161. The van der Waals surface area contributed by atoms with Gasteiger partial charge in [-0.05, 0) is 18.6 Å². The van der Waals surface area contributed by atoms with Crippen molar-refractivity contribution >= 4 is 17.7 Å². The number of nitrogens with two attached hydrogens (primary N) is 1. The summed E-state index contributed by atoms with van der Waals surface area (Å²) < 4.78 is 4.60. The van der Waals surface area contributed by atoms with E-state index in [1.165, 1.54) is 7.11 Å². The average molecular weight is 254 g/mol. The lowest BCUT2D eigenvalue weighted by molar-refractivity contribution is -0.140. The van der Waals surface area contributed by atoms with Crippen molar-refractivity contribution < 1.29 is 9.53 Å². The molecule has 0 aromatic carbocycles. The first-order valence-corrected chi connectivity index (χ1v) is 6.54. The van der Waals surface area contributed by atoms with Gasteiger partial charge in [0, 0.05) is 29.4 Å². The molecule has 1 heterocycles. The van der Waals surface area contributed by atoms with Crippen molar-refractivity contribution in [3.05, 3.63) is 30.1 Å². The predicted octanol–water partition coefficient (Wildman–Crippen LogP) is 1.77. The number of esters is 1. The van der Waals surface area contributed by atoms with Crippen molar-refractivity contribution in [2.45, 2.75) is 24.6 Å². The molecule has 2 atom stereocenters. The van der Waals surface area contributed by atoms with E-state index in [9.17, 15) is 4.79 Å². The van der Waals surface area contributed by atoms with Crippen LogP contribution in [0, 0.1) is 0 Å². The Balaban J connectivity index is 2.53. The Morgan fingerprint density at radius 3 is 2.94 bits per heavy atom. The van der Waals surface area contributed by atoms with E-state index >= 15 is 0 Å². The number of nitrogens with zero attached hydrogens (tertiary/aromatic N) is 1. The number of carbonyl (C=O) groups is 1. The molecule has 94 valence electrons. The number of methoxy groups -OCH3 is 1. The molecular formula is C12H18N2O2S. The standard InChI is InChI=1S/C12H18N2O2S/c1-9(13)12(10-4-3-6-14-8-10)17-7-5-11(15)16-2/h3-4,6,8-9,12H,5,7,13H2,1-2H3. The first-order valence-electron chi connectivity index (χ1n) is 5.49. The monoisotopic (exact) mass is 254 g/mol. The summed E-state index contributed by atoms with van der Waals surface area (Å²) in [6.45, 7) is 1.96. The number of aromatic nitrogens is 1. The van der Waals surface area contributed by atoms with Crippen LogP contribution in [0.5, 0.6) is 0 Å². The van der Waals surface area contributed by atoms with Crippen LogP contribution in [0.2, 0.25) is 0 Å². The zero-order valence-electron chi connectivity index (χ0n) is 10.1. The van der Waals surface area contributed by atoms with Gasteiger partial charge in [-0.2, -0.15) is 11.8 Å². The van der Waals surface area contributed by atoms with E-state index in [-0.39, 0.29) is 17.3 Å². The van der Waals surface area contributed by atoms with E-state index < -0.39 is 0 Å². The van der Waals surface area contributed by atoms with Gasteiger partial charge in [0.15, 0.2) is 0 Å². The van der Waals surface area contributed by atoms with Gasteiger partial charge < -0.3 is 10.5 Å². The highest BCUT2D eigenvalue weighted by atomic mass is 32.2. The number of hydrogen-bond acceptors (Lipinski definition) is 5. The Labute approximate surface area is 106 Å². The summed E-state index contributed by atoms with van der Waals surface area (Å²) in [4.78, 5) is 15.1. The molecule has 1 aromatic heterocycles. The van der Waals surface area contributed by atoms with E-state index in [0.717, 1.165) is 5.56 Å². The minimum atomic E-state index is -0.188. The van der Waals surface area contributed by atoms with Crippen molar-refractivity contribution in [2.75, 3.05) is 12.9 Å². The van der Waals surface area contributed by atoms with E-state index in [0.29, 0.717) is 12.2 Å². The summed E-state index contributed by atoms with van der Waals surface area (Å²) in [7, 11) is 1.40. The summed E-state index contributed by atoms with van der Waals surface area (Å²) in [5.74, 6) is 0.514. The SMILES string of the molecule is COC(=O)CCSC(c1cccnc1)C(C)N. The second-order valence-corrected chi connectivity index (χ2v) is 5.01. The Morgan fingerprint density at radius 1 is 1.65 bits per heavy atom. The van der Waals surface area contributed by atoms with E-state index in [4.69, 9.17) is 5.73 Å². The van der Waals surface area contributed by atoms with Crippen LogP contribution in [0.25, 0.3) is 0 Å². The Kier molecular flexibility index (Phi) is 6.00. The van der Waals surface area contributed by atoms with Crippen LogP contribution in [-0.2, 0) is 9.53 Å². The lowest BCUT2D eigenvalue weighted by Gasteiger charge is -2.20. The molecule has 0 amide bonds. The second kappa shape index (κ2) is 7.29. The third-order valence-electron chi connectivity index (χ3n) is 2.32. The van der Waals surface area contributed by atoms with Crippen LogP contribution in [0.4, 0.5) is 0 Å². The molecule has 2 N–H and O–H groups in total. The molecular weight excluding hydrogens is 236 g/mol. The van der Waals surface area contributed by atoms with Crippen molar-refractivity contribution in [1.29, 1.82) is 0 Å². The van der Waals surface area contributed by atoms with Crippen molar-refractivity contribution in [3.8, 4) is 0 Å². The Morgan fingerprint density at radius 2 is 2.41 bits per heavy atom. The molecule has 1 aromatic rings. The fourth-order valence-electron chi connectivity index (χ4n) is 1.47. The number of rotatable bonds is 6. The summed E-state index contributed by atoms with van der Waals surface area (Å²) in [6, 6.07) is 3.92. The lowest BCUT2D eigenvalue weighted by atomic mass is 10.1. The fraction of sp³-hybridized carbons (Fsp3) is 0.500. The van der Waals surface area contributed by atoms with Crippen LogP contribution in [-0.4, -0.2) is 29.9 Å². The molecule has 0 radical (unpaired) electrons. The number of thioether (sulfide) groups is 1. The van der Waals surface area contributed by atoms with Gasteiger partial charge in [0.05, 0.1) is 13.5 Å². The van der Waals surface area contributed by atoms with Crippen LogP contribution in [0.1, 0.15) is 24.2 Å². The molecule has 0 aliphatic rings. The Bertz CT molecular complexity index is 344. The third kappa shape index (κ3) is 4.75. The minimum absolute atomic E-state index is 0.0156. The van der Waals surface area contributed by atoms with E-state index in [2.05, 4.69) is 9.72 Å². The number of pyridine rings is 1. The molecule has 0 saturated heterocycles. The minimum Gasteiger partial charge on any atom is -0.469 e. The first-order chi connectivity index (χ1) is 8.15. The van der Waals surface area contributed by atoms with Crippen LogP contribution < -0.4 is 5.73 Å². The van der Waals surface area contributed by atoms with Gasteiger partial charge in [-0.15, -0.1) is 0 Å². The zero-order chi connectivity index (χ0) is 12.7. The smallest absolute Gasteiger partial charge is 0.306 e. The van der Waals surface area contributed by atoms with Crippen molar-refractivity contribution in [1.82, 2.24) is 4.98 Å². The maximum absolute atomic E-state index is 11.0. The van der Waals surface area contributed by atoms with Crippen LogP contribution in [0.15, 0.2) is 24.5 Å². The van der Waals surface area contributed by atoms with Gasteiger partial charge in [0.2, 0.25) is 0 Å². The zero-order valence-corrected chi connectivity index (χ0v) is 10.9. The summed E-state index contributed by atoms with van der Waals surface area (Å²) >= 11 is 1.66. The normalized spacial score (nSPS) is 14.1. The fourth-order valence-corrected chi connectivity index (χ4v) is 2.64. The molecule has 0 fully saturated rings. The highest BCUT2D eigenvalue weighted by Gasteiger charge is 2.17. The van der Waals surface area contributed by atoms with Crippen molar-refractivity contribution in [3.63, 3.8) is 0 Å². The molecule has 0 saturated carbocycles. The predicted molar refractivity (Wildman–Crippen MR) is 69.7 cm³/mol. The Hall–Kier alpha value is -1.07. The van der Waals surface area contributed by atoms with Gasteiger partial charge in [-0.3, -0.25) is 9.78 Å². The quantitative estimate of drug-likeness (QED) is 0.784. The van der Waals surface area contributed by atoms with Gasteiger partial charge in [-0.1, -0.05) is 6.07 Å². The molecule has 0 aliphatic heterocycles. The maximum atomic E-state index is 11.0. The highest BCUT2D eigenvalue weighted by Crippen LogP contribution is 2.31. The molecule has 0 aliphatic carbocycles. The third-order valence-corrected chi connectivity index (χ3v) is 3.82. The molecule has 5 heteroatoms. The number of hydrogen-bond donors (Lipinski definition) is 1. The molecule has 0 bridgehead atoms. The lowest BCUT2D eigenvalue weighted by Crippen LogP contribution is -2.23. The largest absolute Gasteiger partial charge is 0.469 e. The highest BCUT2D eigenvalue weighted by molar-refractivity contribution is 7.99. The molecule has 4 nitrogen and oxygen atoms in total. The molecule has 2 unspecified atom stereocenters. The first kappa shape index (κ1) is 14.0. The molecule has 0 spiro atoms. The van der Waals surface area contributed by atoms with E-state index in [1.54, 1.807) is 18.0 Å². The molecule has 17 heavy (non-hydrogen) atoms. The average Bonchev–Trinajstić information content (AvgIpc) is 2.34. The summed E-state index contributed by atoms with van der Waals surface area (Å²) in [6.07, 6.45) is 3.96. The van der Waals surface area contributed by atoms with Crippen molar-refractivity contribution in [2.24, 2.45) is 5.73 Å². The van der Waals surface area contributed by atoms with Gasteiger partial charge >= 0.3 is 5.97 Å². The molecule has 1 rings (SSSR count). The number of ether oxygens (including phenoxy) is 1. The maximum Gasteiger partial charge on any atom is 0.306 e.